The molecule has 16 nitrogen and oxygen atoms in total. The van der Waals surface area contributed by atoms with Gasteiger partial charge < -0.3 is 54.0 Å². The van der Waals surface area contributed by atoms with Crippen LogP contribution in [-0.4, -0.2) is 95.1 Å². The molecule has 0 bridgehead atoms. The summed E-state index contributed by atoms with van der Waals surface area (Å²) in [5, 5.41) is 32.5. The first kappa shape index (κ1) is 44.5. The SMILES string of the molecule is C=CC[C@H](NC(=O)[C@@H](CCCCN)NC(=O)[C@H](CCCCN)NC(=O)[C@H](C)N)C(=O)N[C@@H](Cc1ccc(O)cc1)C(=O)N[C@@H](CC(C)C)C(=O)O. The van der Waals surface area contributed by atoms with E-state index in [0.29, 0.717) is 44.3 Å². The van der Waals surface area contributed by atoms with Crippen LogP contribution in [0.25, 0.3) is 0 Å². The fourth-order valence-corrected chi connectivity index (χ4v) is 5.08. The van der Waals surface area contributed by atoms with Crippen molar-refractivity contribution in [3.05, 3.63) is 42.5 Å². The Morgan fingerprint density at radius 1 is 0.686 bits per heavy atom. The third kappa shape index (κ3) is 17.3. The van der Waals surface area contributed by atoms with E-state index in [1.165, 1.54) is 25.1 Å². The number of aliphatic carboxylic acids is 1. The molecular formula is C35H58N8O8. The van der Waals surface area contributed by atoms with E-state index >= 15 is 0 Å². The minimum Gasteiger partial charge on any atom is -0.508 e. The first-order valence-electron chi connectivity index (χ1n) is 17.4. The minimum absolute atomic E-state index is 0.00766. The highest BCUT2D eigenvalue weighted by atomic mass is 16.4. The monoisotopic (exact) mass is 718 g/mol. The maximum absolute atomic E-state index is 13.7. The molecule has 0 fully saturated rings. The van der Waals surface area contributed by atoms with Crippen molar-refractivity contribution >= 4 is 35.5 Å². The van der Waals surface area contributed by atoms with Crippen LogP contribution in [0.4, 0.5) is 0 Å². The van der Waals surface area contributed by atoms with Crippen molar-refractivity contribution in [3.63, 3.8) is 0 Å². The normalized spacial score (nSPS) is 14.6. The quantitative estimate of drug-likeness (QED) is 0.0462. The lowest BCUT2D eigenvalue weighted by Crippen LogP contribution is -2.59. The summed E-state index contributed by atoms with van der Waals surface area (Å²) in [6, 6.07) is -0.744. The number of aromatic hydroxyl groups is 1. The highest BCUT2D eigenvalue weighted by molar-refractivity contribution is 5.96. The van der Waals surface area contributed by atoms with Crippen LogP contribution in [0.5, 0.6) is 5.75 Å². The zero-order valence-electron chi connectivity index (χ0n) is 30.0. The molecule has 0 aliphatic heterocycles. The number of carboxylic acid groups (broad SMARTS) is 1. The van der Waals surface area contributed by atoms with Gasteiger partial charge in [0.2, 0.25) is 29.5 Å². The Morgan fingerprint density at radius 3 is 1.57 bits per heavy atom. The van der Waals surface area contributed by atoms with E-state index in [1.54, 1.807) is 12.1 Å². The van der Waals surface area contributed by atoms with Gasteiger partial charge in [-0.1, -0.05) is 32.1 Å². The molecule has 0 unspecified atom stereocenters. The molecule has 5 amide bonds. The molecule has 1 aromatic carbocycles. The van der Waals surface area contributed by atoms with Crippen LogP contribution < -0.4 is 43.8 Å². The predicted octanol–water partition coefficient (Wildman–Crippen LogP) is -0.329. The van der Waals surface area contributed by atoms with E-state index in [-0.39, 0.29) is 43.8 Å². The number of phenols is 1. The molecule has 0 radical (unpaired) electrons. The number of carbonyl (C=O) groups is 6. The van der Waals surface area contributed by atoms with Crippen molar-refractivity contribution in [1.29, 1.82) is 0 Å². The average Bonchev–Trinajstić information content (AvgIpc) is 3.07. The van der Waals surface area contributed by atoms with Gasteiger partial charge in [0, 0.05) is 6.42 Å². The summed E-state index contributed by atoms with van der Waals surface area (Å²) in [5.41, 5.74) is 17.5. The first-order valence-corrected chi connectivity index (χ1v) is 17.4. The van der Waals surface area contributed by atoms with E-state index < -0.39 is 71.8 Å². The zero-order chi connectivity index (χ0) is 38.5. The Labute approximate surface area is 300 Å². The van der Waals surface area contributed by atoms with E-state index in [4.69, 9.17) is 17.2 Å². The fourth-order valence-electron chi connectivity index (χ4n) is 5.08. The summed E-state index contributed by atoms with van der Waals surface area (Å²) in [6.45, 7) is 9.52. The van der Waals surface area contributed by atoms with Crippen molar-refractivity contribution < 1.29 is 39.0 Å². The lowest BCUT2D eigenvalue weighted by molar-refractivity contribution is -0.142. The second-order valence-electron chi connectivity index (χ2n) is 13.0. The summed E-state index contributed by atoms with van der Waals surface area (Å²) >= 11 is 0. The third-order valence-corrected chi connectivity index (χ3v) is 7.94. The van der Waals surface area contributed by atoms with Crippen LogP contribution in [0, 0.1) is 5.92 Å². The number of nitrogens with two attached hydrogens (primary N) is 3. The Morgan fingerprint density at radius 2 is 1.12 bits per heavy atom. The van der Waals surface area contributed by atoms with Crippen molar-refractivity contribution in [2.75, 3.05) is 13.1 Å². The number of hydrogen-bond acceptors (Lipinski definition) is 10. The lowest BCUT2D eigenvalue weighted by atomic mass is 10.0. The van der Waals surface area contributed by atoms with E-state index in [0.717, 1.165) is 0 Å². The number of unbranched alkanes of at least 4 members (excludes halogenated alkanes) is 2. The summed E-state index contributed by atoms with van der Waals surface area (Å²) in [4.78, 5) is 78.5. The smallest absolute Gasteiger partial charge is 0.326 e. The average molecular weight is 719 g/mol. The number of rotatable bonds is 25. The zero-order valence-corrected chi connectivity index (χ0v) is 30.0. The fraction of sp³-hybridized carbons (Fsp3) is 0.600. The second kappa shape index (κ2) is 23.8. The van der Waals surface area contributed by atoms with Crippen LogP contribution in [0.15, 0.2) is 36.9 Å². The van der Waals surface area contributed by atoms with Crippen LogP contribution >= 0.6 is 0 Å². The van der Waals surface area contributed by atoms with Gasteiger partial charge in [0.1, 0.15) is 36.0 Å². The maximum atomic E-state index is 13.7. The van der Waals surface area contributed by atoms with E-state index in [2.05, 4.69) is 33.2 Å². The number of benzene rings is 1. The Bertz CT molecular complexity index is 1290. The molecule has 6 atom stereocenters. The Kier molecular flexibility index (Phi) is 20.7. The molecule has 0 spiro atoms. The lowest BCUT2D eigenvalue weighted by Gasteiger charge is -2.27. The van der Waals surface area contributed by atoms with Gasteiger partial charge in [-0.05, 0) is 95.0 Å². The molecule has 13 N–H and O–H groups in total. The molecule has 1 aromatic rings. The van der Waals surface area contributed by atoms with Crippen molar-refractivity contribution in [1.82, 2.24) is 26.6 Å². The van der Waals surface area contributed by atoms with E-state index in [1.807, 2.05) is 13.8 Å². The molecule has 0 heterocycles. The van der Waals surface area contributed by atoms with Crippen molar-refractivity contribution in [3.8, 4) is 5.75 Å². The van der Waals surface area contributed by atoms with Crippen LogP contribution in [-0.2, 0) is 35.2 Å². The molecule has 0 aromatic heterocycles. The number of amides is 5. The molecule has 0 saturated heterocycles. The highest BCUT2D eigenvalue weighted by Crippen LogP contribution is 2.13. The summed E-state index contributed by atoms with van der Waals surface area (Å²) < 4.78 is 0. The minimum atomic E-state index is -1.26. The Hall–Kier alpha value is -4.54. The standard InChI is InChI=1S/C35H58N8O8/c1-5-10-25(31(46)42-28(20-23-13-15-24(44)16-14-23)34(49)43-29(35(50)51)19-21(2)3)40-33(48)27(12-7-9-18-37)41-32(47)26(11-6-8-17-36)39-30(45)22(4)38/h5,13-16,21-22,25-29,44H,1,6-12,17-20,36-38H2,2-4H3,(H,39,45)(H,40,48)(H,41,47)(H,42,46)(H,43,49)(H,50,51)/t22-,25-,26-,27+,28-,29-/m0/s1. The van der Waals surface area contributed by atoms with Crippen LogP contribution in [0.2, 0.25) is 0 Å². The van der Waals surface area contributed by atoms with Crippen molar-refractivity contribution in [2.24, 2.45) is 23.1 Å². The van der Waals surface area contributed by atoms with Crippen LogP contribution in [0.3, 0.4) is 0 Å². The highest BCUT2D eigenvalue weighted by Gasteiger charge is 2.32. The molecule has 1 rings (SSSR count). The molecule has 0 saturated carbocycles. The number of carboxylic acids is 1. The maximum Gasteiger partial charge on any atom is 0.326 e. The molecule has 0 aliphatic rings. The summed E-state index contributed by atoms with van der Waals surface area (Å²) in [6.07, 6.45) is 4.03. The van der Waals surface area contributed by atoms with Gasteiger partial charge in [0.05, 0.1) is 6.04 Å². The van der Waals surface area contributed by atoms with Gasteiger partial charge in [0.25, 0.3) is 0 Å². The molecule has 0 aliphatic carbocycles. The largest absolute Gasteiger partial charge is 0.508 e. The number of nitrogens with one attached hydrogen (secondary N) is 5. The molecule has 16 heteroatoms. The van der Waals surface area contributed by atoms with Gasteiger partial charge in [-0.2, -0.15) is 0 Å². The van der Waals surface area contributed by atoms with Gasteiger partial charge in [-0.15, -0.1) is 6.58 Å². The van der Waals surface area contributed by atoms with Crippen LogP contribution in [0.1, 0.15) is 77.7 Å². The predicted molar refractivity (Wildman–Crippen MR) is 193 cm³/mol. The third-order valence-electron chi connectivity index (χ3n) is 7.94. The van der Waals surface area contributed by atoms with Gasteiger partial charge in [-0.3, -0.25) is 24.0 Å². The topological polar surface area (TPSA) is 281 Å². The van der Waals surface area contributed by atoms with Gasteiger partial charge in [0.15, 0.2) is 0 Å². The molecule has 51 heavy (non-hydrogen) atoms. The molecule has 286 valence electrons. The second-order valence-corrected chi connectivity index (χ2v) is 13.0. The Balaban J connectivity index is 3.29. The number of carbonyl (C=O) groups excluding carboxylic acids is 5. The van der Waals surface area contributed by atoms with Gasteiger partial charge >= 0.3 is 5.97 Å². The van der Waals surface area contributed by atoms with E-state index in [9.17, 15) is 39.0 Å². The first-order chi connectivity index (χ1) is 24.1. The van der Waals surface area contributed by atoms with Gasteiger partial charge in [-0.25, -0.2) is 4.79 Å². The number of hydrogen-bond donors (Lipinski definition) is 10. The number of phenolic OH excluding ortho intramolecular Hbond substituents is 1. The van der Waals surface area contributed by atoms with Crippen molar-refractivity contribution in [2.45, 2.75) is 115 Å². The summed E-state index contributed by atoms with van der Waals surface area (Å²) in [5.74, 6) is -4.65. The molecular weight excluding hydrogens is 660 g/mol. The summed E-state index contributed by atoms with van der Waals surface area (Å²) in [7, 11) is 0.